The fourth-order valence-electron chi connectivity index (χ4n) is 7.45. The first kappa shape index (κ1) is 25.5. The van der Waals surface area contributed by atoms with E-state index in [1.807, 2.05) is 6.07 Å². The van der Waals surface area contributed by atoms with Crippen molar-refractivity contribution in [3.05, 3.63) is 93.0 Å². The molecule has 1 aromatic heterocycles. The van der Waals surface area contributed by atoms with Gasteiger partial charge in [0, 0.05) is 40.7 Å². The van der Waals surface area contributed by atoms with E-state index in [4.69, 9.17) is 28.2 Å². The Morgan fingerprint density at radius 3 is 2.80 bits per heavy atom. The predicted molar refractivity (Wildman–Crippen MR) is 151 cm³/mol. The number of carbonyl (C=O) groups excluding carboxylic acids is 1. The maximum Gasteiger partial charge on any atom is 0.335 e. The van der Waals surface area contributed by atoms with Gasteiger partial charge in [0.25, 0.3) is 0 Å². The normalized spacial score (nSPS) is 25.2. The molecule has 1 amide bonds. The minimum Gasteiger partial charge on any atom is -0.478 e. The van der Waals surface area contributed by atoms with Crippen LogP contribution in [-0.4, -0.2) is 44.0 Å². The summed E-state index contributed by atoms with van der Waals surface area (Å²) in [6, 6.07) is 15.1. The van der Waals surface area contributed by atoms with Crippen molar-refractivity contribution in [2.75, 3.05) is 11.9 Å². The van der Waals surface area contributed by atoms with Gasteiger partial charge in [-0.05, 0) is 61.3 Å². The zero-order chi connectivity index (χ0) is 27.9. The standard InChI is InChI=1S/C30H25Cl2FN4O3/c1-2-11-37-23-10-12-36-22-9-6-15(28(38)39)13-21(22)34-27(36)24(23)25(17-4-3-5-19(32)26(17)33)30(37)18-8-7-16(31)14-20(18)35-29(30)40/h3-9,13-14,23-25H,2,10-12H2,1H3,(H,35,40)(H,38,39)/t23-,24+,25-,30+/m0/s1. The molecule has 204 valence electrons. The Kier molecular flexibility index (Phi) is 5.75. The topological polar surface area (TPSA) is 87.5 Å². The molecule has 7 nitrogen and oxygen atoms in total. The molecule has 3 aliphatic heterocycles. The van der Waals surface area contributed by atoms with Crippen LogP contribution in [0, 0.1) is 5.82 Å². The van der Waals surface area contributed by atoms with Crippen molar-refractivity contribution >= 4 is 51.8 Å². The first-order chi connectivity index (χ1) is 19.3. The summed E-state index contributed by atoms with van der Waals surface area (Å²) < 4.78 is 18.1. The third-order valence-electron chi connectivity index (χ3n) is 8.82. The first-order valence-corrected chi connectivity index (χ1v) is 14.1. The summed E-state index contributed by atoms with van der Waals surface area (Å²) in [5, 5.41) is 13.1. The number of nitrogens with one attached hydrogen (secondary N) is 1. The molecule has 0 saturated carbocycles. The number of carbonyl (C=O) groups is 2. The minimum atomic E-state index is -1.23. The third-order valence-corrected chi connectivity index (χ3v) is 9.34. The van der Waals surface area contributed by atoms with Gasteiger partial charge in [0.2, 0.25) is 5.91 Å². The largest absolute Gasteiger partial charge is 0.478 e. The van der Waals surface area contributed by atoms with E-state index < -0.39 is 23.2 Å². The van der Waals surface area contributed by atoms with Gasteiger partial charge in [-0.1, -0.05) is 48.3 Å². The van der Waals surface area contributed by atoms with Gasteiger partial charge in [-0.3, -0.25) is 9.69 Å². The van der Waals surface area contributed by atoms with Gasteiger partial charge in [0.1, 0.15) is 17.2 Å². The molecule has 0 unspecified atom stereocenters. The van der Waals surface area contributed by atoms with Gasteiger partial charge in [-0.25, -0.2) is 14.2 Å². The van der Waals surface area contributed by atoms with E-state index in [-0.39, 0.29) is 28.5 Å². The Morgan fingerprint density at radius 1 is 1.20 bits per heavy atom. The van der Waals surface area contributed by atoms with Gasteiger partial charge in [0.05, 0.1) is 21.6 Å². The van der Waals surface area contributed by atoms with E-state index >= 15 is 4.39 Å². The summed E-state index contributed by atoms with van der Waals surface area (Å²) in [4.78, 5) is 33.2. The van der Waals surface area contributed by atoms with Gasteiger partial charge in [-0.15, -0.1) is 0 Å². The number of fused-ring (bicyclic) bond motifs is 7. The lowest BCUT2D eigenvalue weighted by atomic mass is 9.70. The second-order valence-electron chi connectivity index (χ2n) is 10.7. The second-order valence-corrected chi connectivity index (χ2v) is 11.6. The number of benzene rings is 3. The van der Waals surface area contributed by atoms with Crippen molar-refractivity contribution < 1.29 is 19.1 Å². The van der Waals surface area contributed by atoms with Crippen LogP contribution in [0.5, 0.6) is 0 Å². The molecule has 1 spiro atoms. The van der Waals surface area contributed by atoms with Crippen LogP contribution in [0.15, 0.2) is 54.6 Å². The summed E-state index contributed by atoms with van der Waals surface area (Å²) in [7, 11) is 0. The Bertz CT molecular complexity index is 1740. The molecule has 4 atom stereocenters. The average Bonchev–Trinajstić information content (AvgIpc) is 3.54. The number of aromatic nitrogens is 2. The van der Waals surface area contributed by atoms with E-state index in [1.54, 1.807) is 42.5 Å². The number of aromatic carboxylic acids is 1. The Hall–Kier alpha value is -3.46. The van der Waals surface area contributed by atoms with Crippen molar-refractivity contribution in [2.45, 2.75) is 49.7 Å². The summed E-state index contributed by atoms with van der Waals surface area (Å²) in [5.74, 6) is -2.14. The summed E-state index contributed by atoms with van der Waals surface area (Å²) >= 11 is 12.7. The summed E-state index contributed by atoms with van der Waals surface area (Å²) in [6.07, 6.45) is 1.49. The van der Waals surface area contributed by atoms with Crippen molar-refractivity contribution in [1.82, 2.24) is 14.5 Å². The fourth-order valence-corrected chi connectivity index (χ4v) is 7.81. The number of amides is 1. The number of aryl methyl sites for hydroxylation is 1. The number of nitrogens with zero attached hydrogens (tertiary/aromatic N) is 3. The van der Waals surface area contributed by atoms with E-state index in [0.29, 0.717) is 47.1 Å². The van der Waals surface area contributed by atoms with Crippen molar-refractivity contribution in [1.29, 1.82) is 0 Å². The number of carboxylic acid groups (broad SMARTS) is 1. The number of hydrogen-bond donors (Lipinski definition) is 2. The quantitative estimate of drug-likeness (QED) is 0.293. The highest BCUT2D eigenvalue weighted by molar-refractivity contribution is 6.31. The number of likely N-dealkylation sites (tertiary alicyclic amines) is 1. The molecule has 4 heterocycles. The molecule has 40 heavy (non-hydrogen) atoms. The molecule has 0 radical (unpaired) electrons. The molecular formula is C30H25Cl2FN4O3. The number of anilines is 1. The van der Waals surface area contributed by atoms with E-state index in [0.717, 1.165) is 17.5 Å². The molecule has 3 aliphatic rings. The van der Waals surface area contributed by atoms with Crippen LogP contribution in [0.4, 0.5) is 10.1 Å². The highest BCUT2D eigenvalue weighted by Gasteiger charge is 2.68. The summed E-state index contributed by atoms with van der Waals surface area (Å²) in [6.45, 7) is 3.31. The Balaban J connectivity index is 1.55. The van der Waals surface area contributed by atoms with Crippen LogP contribution in [-0.2, 0) is 16.9 Å². The zero-order valence-corrected chi connectivity index (χ0v) is 23.0. The lowest BCUT2D eigenvalue weighted by molar-refractivity contribution is -0.127. The lowest BCUT2D eigenvalue weighted by Crippen LogP contribution is -2.52. The molecule has 4 aromatic rings. The SMILES string of the molecule is CCCN1[C@H]2CCn3c(nc4cc(C(=O)O)ccc43)[C@H]2[C@H](c2cccc(Cl)c2F)[C@]12C(=O)Nc1cc(Cl)ccc12. The Labute approximate surface area is 239 Å². The number of imidazole rings is 1. The second kappa shape index (κ2) is 9.03. The van der Waals surface area contributed by atoms with Gasteiger partial charge in [0.15, 0.2) is 0 Å². The molecule has 1 fully saturated rings. The maximum absolute atomic E-state index is 16.1. The van der Waals surface area contributed by atoms with Crippen LogP contribution >= 0.6 is 23.2 Å². The minimum absolute atomic E-state index is 0.0108. The number of halogens is 3. The van der Waals surface area contributed by atoms with Crippen molar-refractivity contribution in [3.63, 3.8) is 0 Å². The van der Waals surface area contributed by atoms with Crippen LogP contribution in [0.2, 0.25) is 10.0 Å². The molecule has 7 rings (SSSR count). The van der Waals surface area contributed by atoms with Gasteiger partial charge < -0.3 is 15.0 Å². The predicted octanol–water partition coefficient (Wildman–Crippen LogP) is 6.39. The zero-order valence-electron chi connectivity index (χ0n) is 21.5. The smallest absolute Gasteiger partial charge is 0.335 e. The van der Waals surface area contributed by atoms with Crippen LogP contribution in [0.25, 0.3) is 11.0 Å². The molecule has 10 heteroatoms. The Morgan fingerprint density at radius 2 is 2.02 bits per heavy atom. The van der Waals surface area contributed by atoms with Crippen LogP contribution < -0.4 is 5.32 Å². The number of hydrogen-bond acceptors (Lipinski definition) is 4. The first-order valence-electron chi connectivity index (χ1n) is 13.3. The molecule has 0 bridgehead atoms. The van der Waals surface area contributed by atoms with Gasteiger partial charge >= 0.3 is 5.97 Å². The van der Waals surface area contributed by atoms with Gasteiger partial charge in [-0.2, -0.15) is 0 Å². The van der Waals surface area contributed by atoms with E-state index in [2.05, 4.69) is 21.7 Å². The highest BCUT2D eigenvalue weighted by atomic mass is 35.5. The van der Waals surface area contributed by atoms with Crippen molar-refractivity contribution in [2.24, 2.45) is 0 Å². The fraction of sp³-hybridized carbons (Fsp3) is 0.300. The summed E-state index contributed by atoms with van der Waals surface area (Å²) in [5.41, 5.74) is 2.02. The number of carboxylic acids is 1. The molecule has 0 aliphatic carbocycles. The molecule has 3 aromatic carbocycles. The molecular weight excluding hydrogens is 554 g/mol. The molecule has 2 N–H and O–H groups in total. The van der Waals surface area contributed by atoms with E-state index in [9.17, 15) is 14.7 Å². The van der Waals surface area contributed by atoms with Crippen LogP contribution in [0.1, 0.15) is 58.9 Å². The number of rotatable bonds is 4. The van der Waals surface area contributed by atoms with Crippen molar-refractivity contribution in [3.8, 4) is 0 Å². The van der Waals surface area contributed by atoms with E-state index in [1.165, 1.54) is 6.07 Å². The third kappa shape index (κ3) is 3.30. The maximum atomic E-state index is 16.1. The van der Waals surface area contributed by atoms with Crippen LogP contribution in [0.3, 0.4) is 0 Å². The highest BCUT2D eigenvalue weighted by Crippen LogP contribution is 2.64. The monoisotopic (exact) mass is 578 g/mol. The molecule has 1 saturated heterocycles. The average molecular weight is 579 g/mol. The lowest BCUT2D eigenvalue weighted by Gasteiger charge is -2.39.